The van der Waals surface area contributed by atoms with Gasteiger partial charge in [-0.3, -0.25) is 14.2 Å². The summed E-state index contributed by atoms with van der Waals surface area (Å²) in [6.07, 6.45) is 5.14. The Morgan fingerprint density at radius 2 is 1.88 bits per heavy atom. The van der Waals surface area contributed by atoms with Gasteiger partial charge in [0.05, 0.1) is 28.9 Å². The van der Waals surface area contributed by atoms with Crippen molar-refractivity contribution in [3.63, 3.8) is 0 Å². The Bertz CT molecular complexity index is 1010. The van der Waals surface area contributed by atoms with Crippen molar-refractivity contribution in [2.24, 2.45) is 0 Å². The summed E-state index contributed by atoms with van der Waals surface area (Å²) in [5.41, 5.74) is 1.15. The number of thioether (sulfide) groups is 1. The number of amides is 1. The molecule has 25 heavy (non-hydrogen) atoms. The van der Waals surface area contributed by atoms with Gasteiger partial charge in [0.25, 0.3) is 5.56 Å². The predicted octanol–water partition coefficient (Wildman–Crippen LogP) is 2.23. The number of carbonyl (C=O) groups is 1. The van der Waals surface area contributed by atoms with E-state index in [4.69, 9.17) is 6.42 Å². The lowest BCUT2D eigenvalue weighted by atomic mass is 10.2. The van der Waals surface area contributed by atoms with Crippen molar-refractivity contribution in [2.75, 3.05) is 12.3 Å². The molecule has 0 spiro atoms. The van der Waals surface area contributed by atoms with Gasteiger partial charge in [0.2, 0.25) is 5.91 Å². The number of nitrogens with one attached hydrogen (secondary N) is 1. The Morgan fingerprint density at radius 1 is 1.16 bits per heavy atom. The van der Waals surface area contributed by atoms with Crippen LogP contribution in [0.4, 0.5) is 0 Å². The normalized spacial score (nSPS) is 10.4. The van der Waals surface area contributed by atoms with Crippen LogP contribution in [0, 0.1) is 12.3 Å². The van der Waals surface area contributed by atoms with Gasteiger partial charge in [-0.15, -0.1) is 6.42 Å². The first-order valence-electron chi connectivity index (χ1n) is 7.61. The number of terminal acetylenes is 1. The van der Waals surface area contributed by atoms with Gasteiger partial charge >= 0.3 is 0 Å². The Labute approximate surface area is 149 Å². The van der Waals surface area contributed by atoms with Crippen molar-refractivity contribution >= 4 is 28.6 Å². The van der Waals surface area contributed by atoms with Crippen LogP contribution in [0.2, 0.25) is 0 Å². The monoisotopic (exact) mass is 349 g/mol. The summed E-state index contributed by atoms with van der Waals surface area (Å²) in [4.78, 5) is 29.3. The summed E-state index contributed by atoms with van der Waals surface area (Å²) < 4.78 is 1.53. The Morgan fingerprint density at radius 3 is 2.64 bits per heavy atom. The van der Waals surface area contributed by atoms with Gasteiger partial charge in [-0.05, 0) is 24.3 Å². The van der Waals surface area contributed by atoms with E-state index in [-0.39, 0.29) is 23.8 Å². The molecule has 0 radical (unpaired) electrons. The number of aromatic nitrogens is 2. The van der Waals surface area contributed by atoms with Gasteiger partial charge in [-0.25, -0.2) is 4.98 Å². The fourth-order valence-electron chi connectivity index (χ4n) is 2.34. The molecule has 5 nitrogen and oxygen atoms in total. The zero-order chi connectivity index (χ0) is 17.6. The lowest BCUT2D eigenvalue weighted by Gasteiger charge is -2.13. The zero-order valence-corrected chi connectivity index (χ0v) is 14.1. The molecular formula is C19H15N3O2S. The second kappa shape index (κ2) is 7.69. The maximum atomic E-state index is 12.9. The molecule has 1 aromatic heterocycles. The van der Waals surface area contributed by atoms with E-state index in [1.807, 2.05) is 36.4 Å². The molecule has 0 atom stereocenters. The summed E-state index contributed by atoms with van der Waals surface area (Å²) in [6.45, 7) is 0.177. The smallest absolute Gasteiger partial charge is 0.266 e. The number of hydrogen-bond acceptors (Lipinski definition) is 4. The molecule has 0 fully saturated rings. The summed E-state index contributed by atoms with van der Waals surface area (Å²) >= 11 is 1.20. The molecule has 124 valence electrons. The molecule has 0 aliphatic rings. The van der Waals surface area contributed by atoms with E-state index >= 15 is 0 Å². The number of carbonyl (C=O) groups excluding carboxylic acids is 1. The molecule has 0 bridgehead atoms. The zero-order valence-electron chi connectivity index (χ0n) is 13.3. The summed E-state index contributed by atoms with van der Waals surface area (Å²) in [6, 6.07) is 16.4. The molecule has 0 aliphatic heterocycles. The summed E-state index contributed by atoms with van der Waals surface area (Å²) in [5, 5.41) is 3.60. The van der Waals surface area contributed by atoms with E-state index in [2.05, 4.69) is 16.2 Å². The van der Waals surface area contributed by atoms with Gasteiger partial charge in [0, 0.05) is 0 Å². The van der Waals surface area contributed by atoms with Crippen LogP contribution in [0.5, 0.6) is 0 Å². The first-order chi connectivity index (χ1) is 12.2. The molecule has 1 amide bonds. The van der Waals surface area contributed by atoms with Crippen LogP contribution in [0.1, 0.15) is 0 Å². The Balaban J connectivity index is 2.05. The van der Waals surface area contributed by atoms with Crippen LogP contribution < -0.4 is 10.9 Å². The second-order valence-electron chi connectivity index (χ2n) is 5.16. The SMILES string of the molecule is C#CCNC(=O)CSc1nc2ccccc2c(=O)n1-c1ccccc1. The van der Waals surface area contributed by atoms with Gasteiger partial charge in [-0.2, -0.15) is 0 Å². The van der Waals surface area contributed by atoms with Gasteiger partial charge in [0.1, 0.15) is 0 Å². The van der Waals surface area contributed by atoms with Crippen molar-refractivity contribution < 1.29 is 4.79 Å². The minimum atomic E-state index is -0.204. The van der Waals surface area contributed by atoms with E-state index in [1.165, 1.54) is 16.3 Å². The highest BCUT2D eigenvalue weighted by atomic mass is 32.2. The highest BCUT2D eigenvalue weighted by molar-refractivity contribution is 7.99. The van der Waals surface area contributed by atoms with E-state index in [0.29, 0.717) is 21.7 Å². The highest BCUT2D eigenvalue weighted by Gasteiger charge is 2.14. The summed E-state index contributed by atoms with van der Waals surface area (Å²) in [7, 11) is 0. The largest absolute Gasteiger partial charge is 0.344 e. The average molecular weight is 349 g/mol. The number of rotatable bonds is 5. The van der Waals surface area contributed by atoms with E-state index < -0.39 is 0 Å². The molecule has 0 unspecified atom stereocenters. The fraction of sp³-hybridized carbons (Fsp3) is 0.105. The lowest BCUT2D eigenvalue weighted by molar-refractivity contribution is -0.118. The minimum Gasteiger partial charge on any atom is -0.344 e. The van der Waals surface area contributed by atoms with Crippen LogP contribution in [-0.2, 0) is 4.79 Å². The lowest BCUT2D eigenvalue weighted by Crippen LogP contribution is -2.26. The van der Waals surface area contributed by atoms with E-state index in [0.717, 1.165) is 0 Å². The van der Waals surface area contributed by atoms with Crippen LogP contribution in [0.3, 0.4) is 0 Å². The van der Waals surface area contributed by atoms with E-state index in [1.54, 1.807) is 18.2 Å². The Hall–Kier alpha value is -3.04. The van der Waals surface area contributed by atoms with Crippen LogP contribution >= 0.6 is 11.8 Å². The third-order valence-electron chi connectivity index (χ3n) is 3.48. The van der Waals surface area contributed by atoms with Gasteiger partial charge in [-0.1, -0.05) is 48.0 Å². The average Bonchev–Trinajstić information content (AvgIpc) is 2.65. The number of nitrogens with zero attached hydrogens (tertiary/aromatic N) is 2. The number of para-hydroxylation sites is 2. The van der Waals surface area contributed by atoms with Crippen molar-refractivity contribution in [2.45, 2.75) is 5.16 Å². The molecule has 1 heterocycles. The highest BCUT2D eigenvalue weighted by Crippen LogP contribution is 2.21. The topological polar surface area (TPSA) is 64.0 Å². The molecule has 0 saturated heterocycles. The van der Waals surface area contributed by atoms with Crippen LogP contribution in [-0.4, -0.2) is 27.8 Å². The number of fused-ring (bicyclic) bond motifs is 1. The van der Waals surface area contributed by atoms with Gasteiger partial charge in [0.15, 0.2) is 5.16 Å². The number of benzene rings is 2. The predicted molar refractivity (Wildman–Crippen MR) is 99.9 cm³/mol. The van der Waals surface area contributed by atoms with Crippen LogP contribution in [0.25, 0.3) is 16.6 Å². The molecule has 1 N–H and O–H groups in total. The number of hydrogen-bond donors (Lipinski definition) is 1. The van der Waals surface area contributed by atoms with Crippen molar-refractivity contribution in [3.05, 3.63) is 65.0 Å². The van der Waals surface area contributed by atoms with Crippen LogP contribution in [0.15, 0.2) is 64.5 Å². The quantitative estimate of drug-likeness (QED) is 0.436. The standard InChI is InChI=1S/C19H15N3O2S/c1-2-12-20-17(23)13-25-19-21-16-11-7-6-10-15(16)18(24)22(19)14-8-4-3-5-9-14/h1,3-11H,12-13H2,(H,20,23). The summed E-state index contributed by atoms with van der Waals surface area (Å²) in [5.74, 6) is 2.28. The maximum absolute atomic E-state index is 12.9. The molecule has 2 aromatic carbocycles. The molecule has 0 saturated carbocycles. The van der Waals surface area contributed by atoms with Gasteiger partial charge < -0.3 is 5.32 Å². The van der Waals surface area contributed by atoms with Crippen molar-refractivity contribution in [1.82, 2.24) is 14.9 Å². The molecule has 6 heteroatoms. The second-order valence-corrected chi connectivity index (χ2v) is 6.10. The first-order valence-corrected chi connectivity index (χ1v) is 8.59. The first kappa shape index (κ1) is 16.8. The van der Waals surface area contributed by atoms with Crippen molar-refractivity contribution in [3.8, 4) is 18.0 Å². The minimum absolute atomic E-state index is 0.124. The van der Waals surface area contributed by atoms with Crippen molar-refractivity contribution in [1.29, 1.82) is 0 Å². The molecular weight excluding hydrogens is 334 g/mol. The molecule has 0 aliphatic carbocycles. The maximum Gasteiger partial charge on any atom is 0.266 e. The molecule has 3 rings (SSSR count). The third kappa shape index (κ3) is 3.73. The Kier molecular flexibility index (Phi) is 5.17. The third-order valence-corrected chi connectivity index (χ3v) is 4.42. The van der Waals surface area contributed by atoms with E-state index in [9.17, 15) is 9.59 Å². The fourth-order valence-corrected chi connectivity index (χ4v) is 3.19. The molecule has 3 aromatic rings.